The summed E-state index contributed by atoms with van der Waals surface area (Å²) in [6.07, 6.45) is 0. The van der Waals surface area contributed by atoms with E-state index in [1.165, 1.54) is 0 Å². The van der Waals surface area contributed by atoms with Gasteiger partial charge in [-0.2, -0.15) is 0 Å². The number of piperazine rings is 1. The van der Waals surface area contributed by atoms with Crippen LogP contribution in [0.25, 0.3) is 0 Å². The molecule has 3 rings (SSSR count). The SMILES string of the molecule is Cc1cc(C(=O)N2CC(C(=O)N3CCN(C)CC3)C2)no1. The highest BCUT2D eigenvalue weighted by Gasteiger charge is 2.39. The Bertz CT molecular complexity index is 542. The summed E-state index contributed by atoms with van der Waals surface area (Å²) in [6, 6.07) is 1.62. The number of hydrogen-bond donors (Lipinski definition) is 0. The van der Waals surface area contributed by atoms with E-state index in [1.54, 1.807) is 17.9 Å². The van der Waals surface area contributed by atoms with Gasteiger partial charge < -0.3 is 19.2 Å². The van der Waals surface area contributed by atoms with Crippen LogP contribution in [0.15, 0.2) is 10.6 Å². The van der Waals surface area contributed by atoms with Crippen molar-refractivity contribution >= 4 is 11.8 Å². The van der Waals surface area contributed by atoms with Gasteiger partial charge in [-0.15, -0.1) is 0 Å². The lowest BCUT2D eigenvalue weighted by Gasteiger charge is -2.42. The van der Waals surface area contributed by atoms with Gasteiger partial charge in [0.2, 0.25) is 5.91 Å². The number of hydrogen-bond acceptors (Lipinski definition) is 5. The van der Waals surface area contributed by atoms with Gasteiger partial charge in [0.25, 0.3) is 5.91 Å². The van der Waals surface area contributed by atoms with Crippen LogP contribution in [0.5, 0.6) is 0 Å². The Labute approximate surface area is 123 Å². The maximum Gasteiger partial charge on any atom is 0.276 e. The molecule has 2 amide bonds. The van der Waals surface area contributed by atoms with Gasteiger partial charge >= 0.3 is 0 Å². The number of aromatic nitrogens is 1. The van der Waals surface area contributed by atoms with Crippen molar-refractivity contribution in [2.75, 3.05) is 46.3 Å². The quantitative estimate of drug-likeness (QED) is 0.757. The molecule has 0 unspecified atom stereocenters. The maximum absolute atomic E-state index is 12.3. The Morgan fingerprint density at radius 2 is 1.86 bits per heavy atom. The van der Waals surface area contributed by atoms with Crippen molar-refractivity contribution in [3.8, 4) is 0 Å². The Balaban J connectivity index is 1.51. The molecule has 7 nitrogen and oxygen atoms in total. The van der Waals surface area contributed by atoms with E-state index >= 15 is 0 Å². The molecule has 0 N–H and O–H groups in total. The summed E-state index contributed by atoms with van der Waals surface area (Å²) in [5.74, 6) is 0.562. The van der Waals surface area contributed by atoms with Crippen molar-refractivity contribution < 1.29 is 14.1 Å². The molecule has 0 radical (unpaired) electrons. The van der Waals surface area contributed by atoms with Gasteiger partial charge in [0.05, 0.1) is 5.92 Å². The summed E-state index contributed by atoms with van der Waals surface area (Å²) in [5, 5.41) is 3.72. The fraction of sp³-hybridized carbons (Fsp3) is 0.643. The van der Waals surface area contributed by atoms with E-state index in [0.29, 0.717) is 24.5 Å². The number of rotatable bonds is 2. The molecule has 2 fully saturated rings. The molecule has 0 saturated carbocycles. The fourth-order valence-corrected chi connectivity index (χ4v) is 2.71. The number of likely N-dealkylation sites (N-methyl/N-ethyl adjacent to an activating group) is 1. The molecule has 0 spiro atoms. The first-order valence-electron chi connectivity index (χ1n) is 7.24. The molecule has 0 bridgehead atoms. The van der Waals surface area contributed by atoms with Crippen molar-refractivity contribution in [2.45, 2.75) is 6.92 Å². The molecule has 1 aromatic heterocycles. The third-order valence-electron chi connectivity index (χ3n) is 4.18. The predicted octanol–water partition coefficient (Wildman–Crippen LogP) is -0.171. The smallest absolute Gasteiger partial charge is 0.276 e. The highest BCUT2D eigenvalue weighted by molar-refractivity contribution is 5.94. The zero-order chi connectivity index (χ0) is 15.0. The first-order chi connectivity index (χ1) is 10.0. The summed E-state index contributed by atoms with van der Waals surface area (Å²) in [5.41, 5.74) is 0.318. The van der Waals surface area contributed by atoms with Gasteiger partial charge in [-0.25, -0.2) is 0 Å². The second-order valence-electron chi connectivity index (χ2n) is 5.86. The largest absolute Gasteiger partial charge is 0.361 e. The van der Waals surface area contributed by atoms with Crippen LogP contribution in [-0.2, 0) is 4.79 Å². The van der Waals surface area contributed by atoms with Gasteiger partial charge in [-0.3, -0.25) is 9.59 Å². The molecule has 2 aliphatic heterocycles. The summed E-state index contributed by atoms with van der Waals surface area (Å²) in [7, 11) is 2.06. The molecule has 114 valence electrons. The van der Waals surface area contributed by atoms with Crippen molar-refractivity contribution in [1.82, 2.24) is 19.9 Å². The van der Waals surface area contributed by atoms with Gasteiger partial charge in [-0.1, -0.05) is 5.16 Å². The van der Waals surface area contributed by atoms with Gasteiger partial charge in [-0.05, 0) is 14.0 Å². The summed E-state index contributed by atoms with van der Waals surface area (Å²) >= 11 is 0. The lowest BCUT2D eigenvalue weighted by atomic mass is 9.97. The van der Waals surface area contributed by atoms with Crippen LogP contribution in [-0.4, -0.2) is 78.0 Å². The third-order valence-corrected chi connectivity index (χ3v) is 4.18. The topological polar surface area (TPSA) is 69.9 Å². The Hall–Kier alpha value is -1.89. The van der Waals surface area contributed by atoms with Crippen LogP contribution < -0.4 is 0 Å². The van der Waals surface area contributed by atoms with Crippen LogP contribution in [0.2, 0.25) is 0 Å². The van der Waals surface area contributed by atoms with Crippen LogP contribution in [0.3, 0.4) is 0 Å². The van der Waals surface area contributed by atoms with Crippen molar-refractivity contribution in [2.24, 2.45) is 5.92 Å². The number of nitrogens with zero attached hydrogens (tertiary/aromatic N) is 4. The molecule has 0 atom stereocenters. The Kier molecular flexibility index (Phi) is 3.67. The minimum atomic E-state index is -0.158. The normalized spacial score (nSPS) is 20.5. The first kappa shape index (κ1) is 14.1. The van der Waals surface area contributed by atoms with E-state index in [1.807, 2.05) is 4.90 Å². The van der Waals surface area contributed by atoms with Gasteiger partial charge in [0.15, 0.2) is 5.69 Å². The summed E-state index contributed by atoms with van der Waals surface area (Å²) in [6.45, 7) is 6.11. The molecule has 2 saturated heterocycles. The molecule has 3 heterocycles. The minimum absolute atomic E-state index is 0.0645. The van der Waals surface area contributed by atoms with E-state index in [4.69, 9.17) is 4.52 Å². The van der Waals surface area contributed by atoms with Gasteiger partial charge in [0, 0.05) is 45.3 Å². The van der Waals surface area contributed by atoms with Gasteiger partial charge in [0.1, 0.15) is 5.76 Å². The third kappa shape index (κ3) is 2.78. The summed E-state index contributed by atoms with van der Waals surface area (Å²) in [4.78, 5) is 30.2. The highest BCUT2D eigenvalue weighted by atomic mass is 16.5. The summed E-state index contributed by atoms with van der Waals surface area (Å²) < 4.78 is 4.91. The van der Waals surface area contributed by atoms with E-state index in [2.05, 4.69) is 17.1 Å². The molecule has 2 aliphatic rings. The average Bonchev–Trinajstić information content (AvgIpc) is 2.84. The molecule has 21 heavy (non-hydrogen) atoms. The van der Waals surface area contributed by atoms with Crippen molar-refractivity contribution in [3.63, 3.8) is 0 Å². The molecule has 1 aromatic rings. The average molecular weight is 292 g/mol. The minimum Gasteiger partial charge on any atom is -0.361 e. The number of carbonyl (C=O) groups excluding carboxylic acids is 2. The number of aryl methyl sites for hydroxylation is 1. The standard InChI is InChI=1S/C14H20N4O3/c1-10-7-12(15-21-10)14(20)18-8-11(9-18)13(19)17-5-3-16(2)4-6-17/h7,11H,3-6,8-9H2,1-2H3. The second kappa shape index (κ2) is 5.48. The van der Waals surface area contributed by atoms with Crippen molar-refractivity contribution in [1.29, 1.82) is 0 Å². The second-order valence-corrected chi connectivity index (χ2v) is 5.86. The zero-order valence-corrected chi connectivity index (χ0v) is 12.4. The Morgan fingerprint density at radius 3 is 2.43 bits per heavy atom. The van der Waals surface area contributed by atoms with E-state index in [9.17, 15) is 9.59 Å². The fourth-order valence-electron chi connectivity index (χ4n) is 2.71. The van der Waals surface area contributed by atoms with Crippen LogP contribution >= 0.6 is 0 Å². The molecule has 0 aromatic carbocycles. The number of likely N-dealkylation sites (tertiary alicyclic amines) is 1. The Morgan fingerprint density at radius 1 is 1.19 bits per heavy atom. The zero-order valence-electron chi connectivity index (χ0n) is 12.4. The molecule has 0 aliphatic carbocycles. The molecular weight excluding hydrogens is 272 g/mol. The van der Waals surface area contributed by atoms with Crippen LogP contribution in [0.4, 0.5) is 0 Å². The van der Waals surface area contributed by atoms with E-state index in [0.717, 1.165) is 26.2 Å². The highest BCUT2D eigenvalue weighted by Crippen LogP contribution is 2.21. The van der Waals surface area contributed by atoms with E-state index < -0.39 is 0 Å². The monoisotopic (exact) mass is 292 g/mol. The predicted molar refractivity (Wildman–Crippen MR) is 74.7 cm³/mol. The first-order valence-corrected chi connectivity index (χ1v) is 7.24. The molecular formula is C14H20N4O3. The van der Waals surface area contributed by atoms with Crippen molar-refractivity contribution in [3.05, 3.63) is 17.5 Å². The van der Waals surface area contributed by atoms with Crippen LogP contribution in [0, 0.1) is 12.8 Å². The lowest BCUT2D eigenvalue weighted by Crippen LogP contribution is -2.58. The van der Waals surface area contributed by atoms with E-state index in [-0.39, 0.29) is 17.7 Å². The maximum atomic E-state index is 12.3. The lowest BCUT2D eigenvalue weighted by molar-refractivity contribution is -0.141. The molecule has 7 heteroatoms. The van der Waals surface area contributed by atoms with Crippen LogP contribution in [0.1, 0.15) is 16.2 Å². The number of amides is 2. The number of carbonyl (C=O) groups is 2.